The topological polar surface area (TPSA) is 38.3 Å². The Kier molecular flexibility index (Phi) is 8.02. The van der Waals surface area contributed by atoms with E-state index in [4.69, 9.17) is 4.74 Å². The molecule has 0 radical (unpaired) electrons. The van der Waals surface area contributed by atoms with Crippen molar-refractivity contribution in [2.45, 2.75) is 27.2 Å². The first-order valence-electron chi connectivity index (χ1n) is 6.16. The monoisotopic (exact) mass is 261 g/mol. The third kappa shape index (κ3) is 7.82. The zero-order valence-electron chi connectivity index (χ0n) is 12.2. The summed E-state index contributed by atoms with van der Waals surface area (Å²) in [6, 6.07) is 0. The second kappa shape index (κ2) is 8.97. The molecular formula is C16H23NO2. The Labute approximate surface area is 116 Å². The van der Waals surface area contributed by atoms with Crippen LogP contribution in [0.3, 0.4) is 0 Å². The maximum atomic E-state index is 11.8. The van der Waals surface area contributed by atoms with E-state index in [1.807, 2.05) is 26.8 Å². The number of amides is 1. The van der Waals surface area contributed by atoms with Gasteiger partial charge in [0.05, 0.1) is 12.9 Å². The molecule has 0 aliphatic rings. The van der Waals surface area contributed by atoms with E-state index in [0.29, 0.717) is 5.57 Å². The van der Waals surface area contributed by atoms with E-state index in [0.717, 1.165) is 23.5 Å². The van der Waals surface area contributed by atoms with Crippen LogP contribution in [0.15, 0.2) is 60.1 Å². The van der Waals surface area contributed by atoms with Crippen LogP contribution < -0.4 is 5.32 Å². The smallest absolute Gasteiger partial charge is 0.254 e. The minimum absolute atomic E-state index is 0.227. The van der Waals surface area contributed by atoms with Crippen LogP contribution in [0.25, 0.3) is 0 Å². The summed E-state index contributed by atoms with van der Waals surface area (Å²) in [5, 5.41) is 2.75. The highest BCUT2D eigenvalue weighted by Crippen LogP contribution is 2.03. The van der Waals surface area contributed by atoms with Crippen molar-refractivity contribution < 1.29 is 9.53 Å². The molecule has 0 saturated heterocycles. The number of rotatable bonds is 7. The first kappa shape index (κ1) is 17.0. The van der Waals surface area contributed by atoms with Gasteiger partial charge in [-0.3, -0.25) is 4.79 Å². The molecule has 104 valence electrons. The Bertz CT molecular complexity index is 434. The Balaban J connectivity index is 4.56. The highest BCUT2D eigenvalue weighted by Gasteiger charge is 2.03. The molecule has 0 aromatic heterocycles. The van der Waals surface area contributed by atoms with Crippen molar-refractivity contribution in [2.75, 3.05) is 7.11 Å². The van der Waals surface area contributed by atoms with Crippen molar-refractivity contribution in [2.24, 2.45) is 0 Å². The molecule has 0 aliphatic heterocycles. The molecule has 0 unspecified atom stereocenters. The molecule has 3 nitrogen and oxygen atoms in total. The van der Waals surface area contributed by atoms with Gasteiger partial charge in [0.1, 0.15) is 0 Å². The molecule has 0 spiro atoms. The Morgan fingerprint density at radius 2 is 1.84 bits per heavy atom. The summed E-state index contributed by atoms with van der Waals surface area (Å²) in [7, 11) is 1.63. The molecule has 0 fully saturated rings. The van der Waals surface area contributed by atoms with Crippen molar-refractivity contribution in [3.05, 3.63) is 60.1 Å². The number of methoxy groups -OCH3 is 1. The number of allylic oxidation sites excluding steroid dienone is 6. The second-order valence-electron chi connectivity index (χ2n) is 4.20. The molecular weight excluding hydrogens is 238 g/mol. The van der Waals surface area contributed by atoms with E-state index in [1.54, 1.807) is 25.3 Å². The molecule has 0 aromatic carbocycles. The zero-order chi connectivity index (χ0) is 14.8. The lowest BCUT2D eigenvalue weighted by Gasteiger charge is -2.05. The predicted molar refractivity (Wildman–Crippen MR) is 80.4 cm³/mol. The number of hydrogen-bond acceptors (Lipinski definition) is 2. The highest BCUT2D eigenvalue weighted by atomic mass is 16.5. The quantitative estimate of drug-likeness (QED) is 0.432. The van der Waals surface area contributed by atoms with Crippen molar-refractivity contribution in [1.82, 2.24) is 5.32 Å². The molecule has 1 amide bonds. The molecule has 0 rings (SSSR count). The predicted octanol–water partition coefficient (Wildman–Crippen LogP) is 3.64. The number of hydrogen-bond donors (Lipinski definition) is 1. The van der Waals surface area contributed by atoms with Gasteiger partial charge in [0.2, 0.25) is 0 Å². The van der Waals surface area contributed by atoms with Crippen molar-refractivity contribution >= 4 is 5.91 Å². The van der Waals surface area contributed by atoms with E-state index >= 15 is 0 Å². The van der Waals surface area contributed by atoms with Gasteiger partial charge in [-0.1, -0.05) is 31.7 Å². The van der Waals surface area contributed by atoms with Crippen molar-refractivity contribution in [1.29, 1.82) is 0 Å². The van der Waals surface area contributed by atoms with Gasteiger partial charge in [-0.05, 0) is 32.1 Å². The van der Waals surface area contributed by atoms with Gasteiger partial charge in [-0.15, -0.1) is 0 Å². The summed E-state index contributed by atoms with van der Waals surface area (Å²) in [6.07, 6.45) is 7.84. The van der Waals surface area contributed by atoms with Gasteiger partial charge in [0.25, 0.3) is 5.91 Å². The maximum Gasteiger partial charge on any atom is 0.254 e. The fraction of sp³-hybridized carbons (Fsp3) is 0.312. The third-order valence-corrected chi connectivity index (χ3v) is 2.30. The normalized spacial score (nSPS) is 12.4. The Hall–Kier alpha value is -2.03. The molecule has 3 heteroatoms. The molecule has 0 heterocycles. The molecule has 0 atom stereocenters. The number of ether oxygens (including phenoxy) is 1. The summed E-state index contributed by atoms with van der Waals surface area (Å²) < 4.78 is 5.13. The van der Waals surface area contributed by atoms with Crippen LogP contribution in [0.5, 0.6) is 0 Å². The number of carbonyl (C=O) groups is 1. The van der Waals surface area contributed by atoms with E-state index in [-0.39, 0.29) is 5.91 Å². The fourth-order valence-electron chi connectivity index (χ4n) is 1.17. The van der Waals surface area contributed by atoms with Crippen LogP contribution in [0.1, 0.15) is 27.2 Å². The summed E-state index contributed by atoms with van der Waals surface area (Å²) in [5.74, 6) is 0.629. The fourth-order valence-corrected chi connectivity index (χ4v) is 1.17. The molecule has 0 bridgehead atoms. The summed E-state index contributed by atoms with van der Waals surface area (Å²) in [4.78, 5) is 11.8. The van der Waals surface area contributed by atoms with Gasteiger partial charge in [-0.2, -0.15) is 0 Å². The zero-order valence-corrected chi connectivity index (χ0v) is 12.2. The van der Waals surface area contributed by atoms with Gasteiger partial charge in [-0.25, -0.2) is 0 Å². The van der Waals surface area contributed by atoms with Gasteiger partial charge in [0, 0.05) is 17.7 Å². The Morgan fingerprint density at radius 1 is 1.21 bits per heavy atom. The minimum atomic E-state index is -0.227. The molecule has 0 aromatic rings. The molecule has 0 aliphatic carbocycles. The first-order valence-corrected chi connectivity index (χ1v) is 6.16. The van der Waals surface area contributed by atoms with Gasteiger partial charge in [0.15, 0.2) is 0 Å². The van der Waals surface area contributed by atoms with E-state index < -0.39 is 0 Å². The summed E-state index contributed by atoms with van der Waals surface area (Å²) in [6.45, 7) is 13.1. The summed E-state index contributed by atoms with van der Waals surface area (Å²) >= 11 is 0. The van der Waals surface area contributed by atoms with E-state index in [2.05, 4.69) is 18.5 Å². The van der Waals surface area contributed by atoms with Crippen molar-refractivity contribution in [3.8, 4) is 0 Å². The third-order valence-electron chi connectivity index (χ3n) is 2.30. The van der Waals surface area contributed by atoms with E-state index in [9.17, 15) is 4.79 Å². The Morgan fingerprint density at radius 3 is 2.32 bits per heavy atom. The number of carbonyl (C=O) groups excluding carboxylic acids is 1. The van der Waals surface area contributed by atoms with Crippen LogP contribution in [-0.4, -0.2) is 13.0 Å². The molecule has 19 heavy (non-hydrogen) atoms. The second-order valence-corrected chi connectivity index (χ2v) is 4.20. The SMILES string of the molecule is C=C(C)/C=C\C(=C)C(=O)NC(C)=C/C=C(\CC)OC. The molecule has 1 N–H and O–H groups in total. The average molecular weight is 261 g/mol. The summed E-state index contributed by atoms with van der Waals surface area (Å²) in [5.41, 5.74) is 2.00. The lowest BCUT2D eigenvalue weighted by Crippen LogP contribution is -2.21. The van der Waals surface area contributed by atoms with E-state index in [1.165, 1.54) is 0 Å². The lowest BCUT2D eigenvalue weighted by molar-refractivity contribution is -0.116. The highest BCUT2D eigenvalue weighted by molar-refractivity contribution is 5.96. The van der Waals surface area contributed by atoms with Crippen molar-refractivity contribution in [3.63, 3.8) is 0 Å². The van der Waals surface area contributed by atoms with Gasteiger partial charge >= 0.3 is 0 Å². The van der Waals surface area contributed by atoms with Crippen LogP contribution in [0.2, 0.25) is 0 Å². The number of nitrogens with one attached hydrogen (secondary N) is 1. The standard InChI is InChI=1S/C16H23NO2/c1-7-15(19-6)11-10-14(5)17-16(18)13(4)9-8-12(2)3/h8-11H,2,4,7H2,1,3,5-6H3,(H,17,18)/b9-8-,14-10?,15-11+. The average Bonchev–Trinajstić information content (AvgIpc) is 2.36. The first-order chi connectivity index (χ1) is 8.90. The van der Waals surface area contributed by atoms with Crippen LogP contribution in [0.4, 0.5) is 0 Å². The van der Waals surface area contributed by atoms with Crippen LogP contribution in [0, 0.1) is 0 Å². The molecule has 0 saturated carbocycles. The van der Waals surface area contributed by atoms with Gasteiger partial charge < -0.3 is 10.1 Å². The maximum absolute atomic E-state index is 11.8. The van der Waals surface area contributed by atoms with Crippen LogP contribution >= 0.6 is 0 Å². The largest absolute Gasteiger partial charge is 0.501 e. The van der Waals surface area contributed by atoms with Crippen LogP contribution in [-0.2, 0) is 9.53 Å². The minimum Gasteiger partial charge on any atom is -0.501 e. The lowest BCUT2D eigenvalue weighted by atomic mass is 10.2.